The van der Waals surface area contributed by atoms with Gasteiger partial charge in [0.2, 0.25) is 0 Å². The molecule has 0 aliphatic carbocycles. The SMILES string of the molecule is O=C(O)C(F)(F)F.O=C(c1ccncc1)N1C[C@H]2CN(CC3CCCO3)CC[C@H]2C1. The summed E-state index contributed by atoms with van der Waals surface area (Å²) >= 11 is 0. The molecule has 7 nitrogen and oxygen atoms in total. The molecule has 10 heteroatoms. The number of carbonyl (C=O) groups excluding carboxylic acids is 1. The number of nitrogens with zero attached hydrogens (tertiary/aromatic N) is 3. The Bertz CT molecular complexity index is 726. The van der Waals surface area contributed by atoms with Crippen LogP contribution in [0.1, 0.15) is 29.6 Å². The van der Waals surface area contributed by atoms with Crippen LogP contribution >= 0.6 is 0 Å². The Balaban J connectivity index is 0.000000318. The van der Waals surface area contributed by atoms with Crippen LogP contribution in [0.3, 0.4) is 0 Å². The minimum absolute atomic E-state index is 0.160. The van der Waals surface area contributed by atoms with Crippen molar-refractivity contribution in [3.05, 3.63) is 30.1 Å². The lowest BCUT2D eigenvalue weighted by Crippen LogP contribution is -2.43. The van der Waals surface area contributed by atoms with Crippen LogP contribution in [0.4, 0.5) is 13.2 Å². The minimum Gasteiger partial charge on any atom is -0.475 e. The Morgan fingerprint density at radius 2 is 1.80 bits per heavy atom. The fraction of sp³-hybridized carbons (Fsp3) is 0.650. The fourth-order valence-corrected chi connectivity index (χ4v) is 4.33. The maximum Gasteiger partial charge on any atom is 0.490 e. The first-order chi connectivity index (χ1) is 14.2. The molecular weight excluding hydrogens is 403 g/mol. The van der Waals surface area contributed by atoms with Gasteiger partial charge >= 0.3 is 12.1 Å². The molecule has 1 N–H and O–H groups in total. The van der Waals surface area contributed by atoms with Gasteiger partial charge in [0, 0.05) is 50.7 Å². The zero-order valence-corrected chi connectivity index (χ0v) is 16.6. The van der Waals surface area contributed by atoms with Crippen LogP contribution in [0.5, 0.6) is 0 Å². The third kappa shape index (κ3) is 5.91. The van der Waals surface area contributed by atoms with Crippen molar-refractivity contribution in [3.8, 4) is 0 Å². The largest absolute Gasteiger partial charge is 0.490 e. The van der Waals surface area contributed by atoms with E-state index in [2.05, 4.69) is 9.88 Å². The molecule has 4 heterocycles. The van der Waals surface area contributed by atoms with Crippen molar-refractivity contribution in [1.29, 1.82) is 0 Å². The van der Waals surface area contributed by atoms with Gasteiger partial charge in [0.25, 0.3) is 5.91 Å². The number of amides is 1. The molecule has 1 amide bonds. The highest BCUT2D eigenvalue weighted by Gasteiger charge is 2.39. The molecule has 0 saturated carbocycles. The maximum atomic E-state index is 12.6. The van der Waals surface area contributed by atoms with Gasteiger partial charge in [-0.3, -0.25) is 9.78 Å². The van der Waals surface area contributed by atoms with Gasteiger partial charge in [-0.05, 0) is 49.8 Å². The van der Waals surface area contributed by atoms with E-state index in [-0.39, 0.29) is 5.91 Å². The van der Waals surface area contributed by atoms with Crippen LogP contribution in [0.2, 0.25) is 0 Å². The number of alkyl halides is 3. The smallest absolute Gasteiger partial charge is 0.475 e. The summed E-state index contributed by atoms with van der Waals surface area (Å²) in [5.41, 5.74) is 0.759. The zero-order chi connectivity index (χ0) is 21.7. The number of fused-ring (bicyclic) bond motifs is 1. The number of aromatic nitrogens is 1. The number of likely N-dealkylation sites (tertiary alicyclic amines) is 2. The van der Waals surface area contributed by atoms with E-state index >= 15 is 0 Å². The number of aliphatic carboxylic acids is 1. The second-order valence-corrected chi connectivity index (χ2v) is 7.95. The Morgan fingerprint density at radius 3 is 2.40 bits per heavy atom. The summed E-state index contributed by atoms with van der Waals surface area (Å²) in [4.78, 5) is 30.1. The topological polar surface area (TPSA) is 83.0 Å². The standard InChI is InChI=1S/C18H25N3O2.C2HF3O2/c22-18(14-3-6-19-7-4-14)21-11-15-5-8-20(10-16(15)12-21)13-17-2-1-9-23-17;3-2(4,5)1(6)7/h3-4,6-7,15-17H,1-2,5,8-13H2;(H,6,7)/t15-,16+,17?;/m0./s1. The van der Waals surface area contributed by atoms with Crippen LogP contribution < -0.4 is 0 Å². The van der Waals surface area contributed by atoms with Crippen molar-refractivity contribution < 1.29 is 32.6 Å². The second-order valence-electron chi connectivity index (χ2n) is 7.95. The van der Waals surface area contributed by atoms with Gasteiger partial charge in [-0.15, -0.1) is 0 Å². The number of carboxylic acid groups (broad SMARTS) is 1. The van der Waals surface area contributed by atoms with Crippen LogP contribution in [0, 0.1) is 11.8 Å². The second kappa shape index (κ2) is 9.74. The highest BCUT2D eigenvalue weighted by atomic mass is 19.4. The minimum atomic E-state index is -5.08. The summed E-state index contributed by atoms with van der Waals surface area (Å²) in [5, 5.41) is 7.12. The predicted octanol–water partition coefficient (Wildman–Crippen LogP) is 2.29. The Labute approximate surface area is 172 Å². The zero-order valence-electron chi connectivity index (χ0n) is 16.6. The Morgan fingerprint density at radius 1 is 1.13 bits per heavy atom. The van der Waals surface area contributed by atoms with E-state index in [4.69, 9.17) is 14.6 Å². The molecule has 0 radical (unpaired) electrons. The highest BCUT2D eigenvalue weighted by Crippen LogP contribution is 2.32. The lowest BCUT2D eigenvalue weighted by Gasteiger charge is -2.35. The summed E-state index contributed by atoms with van der Waals surface area (Å²) in [5.74, 6) is -1.31. The fourth-order valence-electron chi connectivity index (χ4n) is 4.33. The first kappa shape index (κ1) is 22.5. The molecule has 3 fully saturated rings. The molecule has 3 aliphatic heterocycles. The number of piperidine rings is 1. The molecule has 166 valence electrons. The molecular formula is C20H26F3N3O4. The average Bonchev–Trinajstić information content (AvgIpc) is 3.37. The third-order valence-electron chi connectivity index (χ3n) is 5.83. The predicted molar refractivity (Wildman–Crippen MR) is 101 cm³/mol. The molecule has 0 aromatic carbocycles. The van der Waals surface area contributed by atoms with Crippen LogP contribution in [-0.4, -0.2) is 83.4 Å². The van der Waals surface area contributed by atoms with Crippen LogP contribution in [0.15, 0.2) is 24.5 Å². The van der Waals surface area contributed by atoms with Crippen molar-refractivity contribution in [2.24, 2.45) is 11.8 Å². The molecule has 3 aliphatic rings. The molecule has 1 unspecified atom stereocenters. The normalized spacial score (nSPS) is 26.6. The molecule has 0 spiro atoms. The summed E-state index contributed by atoms with van der Waals surface area (Å²) in [6, 6.07) is 3.63. The summed E-state index contributed by atoms with van der Waals surface area (Å²) in [6.07, 6.45) is 2.36. The summed E-state index contributed by atoms with van der Waals surface area (Å²) in [6.45, 7) is 6.08. The van der Waals surface area contributed by atoms with E-state index in [0.717, 1.165) is 44.9 Å². The number of hydrogen-bond acceptors (Lipinski definition) is 5. The summed E-state index contributed by atoms with van der Waals surface area (Å²) in [7, 11) is 0. The van der Waals surface area contributed by atoms with Gasteiger partial charge in [0.05, 0.1) is 6.10 Å². The van der Waals surface area contributed by atoms with E-state index < -0.39 is 12.1 Å². The molecule has 4 rings (SSSR count). The Kier molecular flexibility index (Phi) is 7.30. The van der Waals surface area contributed by atoms with E-state index in [9.17, 15) is 18.0 Å². The monoisotopic (exact) mass is 429 g/mol. The number of halogens is 3. The lowest BCUT2D eigenvalue weighted by atomic mass is 9.88. The van der Waals surface area contributed by atoms with Gasteiger partial charge < -0.3 is 19.6 Å². The van der Waals surface area contributed by atoms with Gasteiger partial charge in [-0.25, -0.2) is 4.79 Å². The molecule has 1 aromatic rings. The van der Waals surface area contributed by atoms with E-state index in [0.29, 0.717) is 17.9 Å². The number of rotatable bonds is 3. The third-order valence-corrected chi connectivity index (χ3v) is 5.83. The maximum absolute atomic E-state index is 12.6. The van der Waals surface area contributed by atoms with Crippen LogP contribution in [-0.2, 0) is 9.53 Å². The number of pyridine rings is 1. The lowest BCUT2D eigenvalue weighted by molar-refractivity contribution is -0.192. The van der Waals surface area contributed by atoms with Gasteiger partial charge in [-0.1, -0.05) is 0 Å². The first-order valence-corrected chi connectivity index (χ1v) is 10.1. The number of ether oxygens (including phenoxy) is 1. The average molecular weight is 429 g/mol. The van der Waals surface area contributed by atoms with Crippen molar-refractivity contribution in [1.82, 2.24) is 14.8 Å². The number of carbonyl (C=O) groups is 2. The quantitative estimate of drug-likeness (QED) is 0.794. The molecule has 0 bridgehead atoms. The molecule has 3 atom stereocenters. The summed E-state index contributed by atoms with van der Waals surface area (Å²) < 4.78 is 37.5. The highest BCUT2D eigenvalue weighted by molar-refractivity contribution is 5.94. The van der Waals surface area contributed by atoms with E-state index in [1.165, 1.54) is 19.3 Å². The van der Waals surface area contributed by atoms with Crippen molar-refractivity contribution in [3.63, 3.8) is 0 Å². The van der Waals surface area contributed by atoms with Gasteiger partial charge in [-0.2, -0.15) is 13.2 Å². The Hall–Kier alpha value is -2.20. The van der Waals surface area contributed by atoms with Gasteiger partial charge in [0.1, 0.15) is 0 Å². The number of hydrogen-bond donors (Lipinski definition) is 1. The molecule has 1 aromatic heterocycles. The van der Waals surface area contributed by atoms with Crippen molar-refractivity contribution >= 4 is 11.9 Å². The molecule has 30 heavy (non-hydrogen) atoms. The van der Waals surface area contributed by atoms with E-state index in [1.807, 2.05) is 17.0 Å². The molecule has 3 saturated heterocycles. The van der Waals surface area contributed by atoms with Crippen molar-refractivity contribution in [2.45, 2.75) is 31.5 Å². The number of carboxylic acids is 1. The first-order valence-electron chi connectivity index (χ1n) is 10.1. The van der Waals surface area contributed by atoms with Crippen molar-refractivity contribution in [2.75, 3.05) is 39.3 Å². The van der Waals surface area contributed by atoms with Crippen LogP contribution in [0.25, 0.3) is 0 Å². The van der Waals surface area contributed by atoms with E-state index in [1.54, 1.807) is 12.4 Å². The van der Waals surface area contributed by atoms with Gasteiger partial charge in [0.15, 0.2) is 0 Å².